The predicted molar refractivity (Wildman–Crippen MR) is 53.0 cm³/mol. The lowest BCUT2D eigenvalue weighted by molar-refractivity contribution is -0.142. The second-order valence-corrected chi connectivity index (χ2v) is 3.44. The second-order valence-electron chi connectivity index (χ2n) is 2.10. The first-order chi connectivity index (χ1) is 5.63. The molecule has 2 atom stereocenters. The van der Waals surface area contributed by atoms with Crippen LogP contribution in [0.4, 0.5) is 0 Å². The minimum atomic E-state index is -0.404. The zero-order valence-electron chi connectivity index (χ0n) is 6.90. The fourth-order valence-corrected chi connectivity index (χ4v) is 0.882. The standard InChI is InChI=1S/C6H10IN3O2/c1-3-12-6(11)5(7)4(2)9-10-8/h4-5H,3H2,1-2H3. The minimum Gasteiger partial charge on any atom is -0.465 e. The van der Waals surface area contributed by atoms with Gasteiger partial charge in [0.05, 0.1) is 12.6 Å². The molecule has 0 aliphatic rings. The topological polar surface area (TPSA) is 75.1 Å². The molecule has 12 heavy (non-hydrogen) atoms. The summed E-state index contributed by atoms with van der Waals surface area (Å²) in [5.74, 6) is -0.335. The van der Waals surface area contributed by atoms with Crippen LogP contribution in [0, 0.1) is 0 Å². The van der Waals surface area contributed by atoms with Gasteiger partial charge in [0.15, 0.2) is 0 Å². The Labute approximate surface area is 84.2 Å². The summed E-state index contributed by atoms with van der Waals surface area (Å²) in [7, 11) is 0. The van der Waals surface area contributed by atoms with Crippen molar-refractivity contribution >= 4 is 28.6 Å². The van der Waals surface area contributed by atoms with Crippen molar-refractivity contribution in [2.45, 2.75) is 23.8 Å². The molecule has 0 bridgehead atoms. The van der Waals surface area contributed by atoms with Crippen LogP contribution in [0.5, 0.6) is 0 Å². The third-order valence-corrected chi connectivity index (χ3v) is 2.72. The van der Waals surface area contributed by atoms with E-state index in [0.717, 1.165) is 0 Å². The van der Waals surface area contributed by atoms with Crippen LogP contribution < -0.4 is 0 Å². The fraction of sp³-hybridized carbons (Fsp3) is 0.833. The molecule has 0 aliphatic heterocycles. The Bertz CT molecular complexity index is 203. The maximum atomic E-state index is 11.0. The highest BCUT2D eigenvalue weighted by Gasteiger charge is 2.21. The molecule has 0 amide bonds. The van der Waals surface area contributed by atoms with E-state index in [2.05, 4.69) is 10.0 Å². The van der Waals surface area contributed by atoms with Crippen LogP contribution in [-0.2, 0) is 9.53 Å². The van der Waals surface area contributed by atoms with E-state index in [4.69, 9.17) is 10.3 Å². The number of azide groups is 1. The van der Waals surface area contributed by atoms with Gasteiger partial charge < -0.3 is 4.74 Å². The molecule has 68 valence electrons. The Balaban J connectivity index is 4.08. The molecule has 0 aliphatic carbocycles. The first-order valence-electron chi connectivity index (χ1n) is 3.48. The van der Waals surface area contributed by atoms with Crippen LogP contribution in [0.15, 0.2) is 5.11 Å². The summed E-state index contributed by atoms with van der Waals surface area (Å²) in [6, 6.07) is -0.366. The average molecular weight is 283 g/mol. The van der Waals surface area contributed by atoms with Crippen LogP contribution in [-0.4, -0.2) is 22.5 Å². The molecule has 0 aromatic heterocycles. The van der Waals surface area contributed by atoms with Gasteiger partial charge in [-0.1, -0.05) is 34.6 Å². The third kappa shape index (κ3) is 3.77. The summed E-state index contributed by atoms with van der Waals surface area (Å²) in [6.45, 7) is 3.76. The molecule has 0 saturated heterocycles. The lowest BCUT2D eigenvalue weighted by atomic mass is 10.2. The fourth-order valence-electron chi connectivity index (χ4n) is 0.559. The number of hydrogen-bond acceptors (Lipinski definition) is 3. The van der Waals surface area contributed by atoms with Gasteiger partial charge in [0, 0.05) is 4.91 Å². The van der Waals surface area contributed by atoms with Gasteiger partial charge in [0.25, 0.3) is 0 Å². The zero-order chi connectivity index (χ0) is 9.56. The molecule has 0 N–H and O–H groups in total. The average Bonchev–Trinajstić information content (AvgIpc) is 2.04. The maximum absolute atomic E-state index is 11.0. The molecule has 2 unspecified atom stereocenters. The van der Waals surface area contributed by atoms with Crippen LogP contribution >= 0.6 is 22.6 Å². The lowest BCUT2D eigenvalue weighted by Crippen LogP contribution is -2.26. The Morgan fingerprint density at radius 2 is 2.42 bits per heavy atom. The van der Waals surface area contributed by atoms with E-state index < -0.39 is 3.92 Å². The smallest absolute Gasteiger partial charge is 0.319 e. The molecule has 0 spiro atoms. The number of rotatable bonds is 4. The summed E-state index contributed by atoms with van der Waals surface area (Å²) in [5.41, 5.74) is 8.10. The number of esters is 1. The van der Waals surface area contributed by atoms with Crippen molar-refractivity contribution in [3.05, 3.63) is 10.4 Å². The van der Waals surface area contributed by atoms with E-state index in [1.165, 1.54) is 0 Å². The van der Waals surface area contributed by atoms with Gasteiger partial charge in [-0.3, -0.25) is 4.79 Å². The van der Waals surface area contributed by atoms with E-state index in [9.17, 15) is 4.79 Å². The Hall–Kier alpha value is -0.490. The van der Waals surface area contributed by atoms with Crippen molar-refractivity contribution in [1.29, 1.82) is 0 Å². The van der Waals surface area contributed by atoms with Gasteiger partial charge in [-0.05, 0) is 12.5 Å². The Morgan fingerprint density at radius 1 is 1.83 bits per heavy atom. The number of nitrogens with zero attached hydrogens (tertiary/aromatic N) is 3. The Kier molecular flexibility index (Phi) is 5.83. The van der Waals surface area contributed by atoms with Gasteiger partial charge in [-0.25, -0.2) is 0 Å². The maximum Gasteiger partial charge on any atom is 0.319 e. The highest BCUT2D eigenvalue weighted by molar-refractivity contribution is 14.1. The van der Waals surface area contributed by atoms with Gasteiger partial charge in [-0.15, -0.1) is 0 Å². The molecule has 0 aromatic carbocycles. The number of ether oxygens (including phenoxy) is 1. The predicted octanol–water partition coefficient (Wildman–Crippen LogP) is 2.05. The van der Waals surface area contributed by atoms with E-state index in [1.54, 1.807) is 13.8 Å². The molecule has 0 aromatic rings. The van der Waals surface area contributed by atoms with Gasteiger partial charge >= 0.3 is 5.97 Å². The minimum absolute atomic E-state index is 0.335. The van der Waals surface area contributed by atoms with Crippen LogP contribution in [0.25, 0.3) is 10.4 Å². The molecular weight excluding hydrogens is 273 g/mol. The summed E-state index contributed by atoms with van der Waals surface area (Å²) < 4.78 is 4.34. The molecule has 0 saturated carbocycles. The largest absolute Gasteiger partial charge is 0.465 e. The number of hydrogen-bond donors (Lipinski definition) is 0. The normalized spacial score (nSPS) is 14.2. The van der Waals surface area contributed by atoms with Crippen LogP contribution in [0.2, 0.25) is 0 Å². The number of halogens is 1. The first-order valence-corrected chi connectivity index (χ1v) is 4.73. The van der Waals surface area contributed by atoms with Crippen molar-refractivity contribution in [2.24, 2.45) is 5.11 Å². The quantitative estimate of drug-likeness (QED) is 0.198. The van der Waals surface area contributed by atoms with E-state index in [-0.39, 0.29) is 12.0 Å². The van der Waals surface area contributed by atoms with Gasteiger partial charge in [-0.2, -0.15) is 0 Å². The van der Waals surface area contributed by atoms with Crippen molar-refractivity contribution in [2.75, 3.05) is 6.61 Å². The van der Waals surface area contributed by atoms with Gasteiger partial charge in [0.1, 0.15) is 3.92 Å². The van der Waals surface area contributed by atoms with Crippen molar-refractivity contribution in [1.82, 2.24) is 0 Å². The molecule has 6 heteroatoms. The highest BCUT2D eigenvalue weighted by atomic mass is 127. The summed E-state index contributed by atoms with van der Waals surface area (Å²) in [6.07, 6.45) is 0. The zero-order valence-corrected chi connectivity index (χ0v) is 9.06. The molecule has 0 fully saturated rings. The Morgan fingerprint density at radius 3 is 2.83 bits per heavy atom. The van der Waals surface area contributed by atoms with E-state index >= 15 is 0 Å². The van der Waals surface area contributed by atoms with Crippen LogP contribution in [0.3, 0.4) is 0 Å². The van der Waals surface area contributed by atoms with E-state index in [1.807, 2.05) is 22.6 Å². The molecule has 0 radical (unpaired) electrons. The molecule has 0 rings (SSSR count). The monoisotopic (exact) mass is 283 g/mol. The van der Waals surface area contributed by atoms with E-state index in [0.29, 0.717) is 6.61 Å². The molecule has 5 nitrogen and oxygen atoms in total. The molecular formula is C6H10IN3O2. The van der Waals surface area contributed by atoms with Crippen LogP contribution in [0.1, 0.15) is 13.8 Å². The van der Waals surface area contributed by atoms with Crippen molar-refractivity contribution in [3.63, 3.8) is 0 Å². The number of carbonyl (C=O) groups excluding carboxylic acids is 1. The SMILES string of the molecule is CCOC(=O)C(I)C(C)N=[N+]=[N-]. The number of alkyl halides is 1. The third-order valence-electron chi connectivity index (χ3n) is 1.17. The lowest BCUT2D eigenvalue weighted by Gasteiger charge is -2.11. The highest BCUT2D eigenvalue weighted by Crippen LogP contribution is 2.11. The summed E-state index contributed by atoms with van der Waals surface area (Å²) >= 11 is 1.90. The second kappa shape index (κ2) is 6.07. The molecule has 0 heterocycles. The number of carbonyl (C=O) groups is 1. The van der Waals surface area contributed by atoms with Gasteiger partial charge in [0.2, 0.25) is 0 Å². The summed E-state index contributed by atoms with van der Waals surface area (Å²) in [4.78, 5) is 13.7. The van der Waals surface area contributed by atoms with Crippen molar-refractivity contribution in [3.8, 4) is 0 Å². The first kappa shape index (κ1) is 11.5. The summed E-state index contributed by atoms with van der Waals surface area (Å²) in [5, 5.41) is 3.40. The van der Waals surface area contributed by atoms with Crippen molar-refractivity contribution < 1.29 is 9.53 Å².